The van der Waals surface area contributed by atoms with Crippen LogP contribution in [0.1, 0.15) is 31.9 Å². The molecule has 0 aliphatic carbocycles. The van der Waals surface area contributed by atoms with Crippen molar-refractivity contribution in [3.05, 3.63) is 28.2 Å². The van der Waals surface area contributed by atoms with Crippen LogP contribution in [0.4, 0.5) is 0 Å². The maximum absolute atomic E-state index is 6.13. The van der Waals surface area contributed by atoms with E-state index < -0.39 is 0 Å². The molecule has 0 bridgehead atoms. The van der Waals surface area contributed by atoms with Crippen LogP contribution in [-0.4, -0.2) is 7.11 Å². The zero-order chi connectivity index (χ0) is 11.4. The Morgan fingerprint density at radius 2 is 2.07 bits per heavy atom. The normalized spacial score (nSPS) is 12.9. The molecule has 1 aromatic rings. The Morgan fingerprint density at radius 3 is 2.60 bits per heavy atom. The standard InChI is InChI=1S/C12H18BrNO/c1-8(2)6-11(14)10-5-4-9(13)7-12(10)15-3/h4-5,7-8,11H,6,14H2,1-3H3/t11-/m0/s1. The molecule has 15 heavy (non-hydrogen) atoms. The van der Waals surface area contributed by atoms with Gasteiger partial charge in [0.1, 0.15) is 5.75 Å². The van der Waals surface area contributed by atoms with E-state index in [4.69, 9.17) is 10.5 Å². The molecule has 0 spiro atoms. The molecule has 0 saturated carbocycles. The van der Waals surface area contributed by atoms with Crippen LogP contribution in [0, 0.1) is 5.92 Å². The fourth-order valence-corrected chi connectivity index (χ4v) is 1.97. The smallest absolute Gasteiger partial charge is 0.124 e. The third-order valence-corrected chi connectivity index (χ3v) is 2.81. The second kappa shape index (κ2) is 5.52. The number of hydrogen-bond donors (Lipinski definition) is 1. The first-order valence-electron chi connectivity index (χ1n) is 5.13. The molecule has 0 fully saturated rings. The quantitative estimate of drug-likeness (QED) is 0.910. The topological polar surface area (TPSA) is 35.2 Å². The number of hydrogen-bond acceptors (Lipinski definition) is 2. The van der Waals surface area contributed by atoms with E-state index in [0.29, 0.717) is 5.92 Å². The maximum Gasteiger partial charge on any atom is 0.124 e. The molecule has 1 rings (SSSR count). The predicted octanol–water partition coefficient (Wildman–Crippen LogP) is 3.50. The van der Waals surface area contributed by atoms with E-state index in [1.165, 1.54) is 0 Å². The zero-order valence-electron chi connectivity index (χ0n) is 9.46. The summed E-state index contributed by atoms with van der Waals surface area (Å²) in [6.45, 7) is 4.34. The van der Waals surface area contributed by atoms with Gasteiger partial charge in [0, 0.05) is 16.1 Å². The highest BCUT2D eigenvalue weighted by Gasteiger charge is 2.13. The molecule has 2 nitrogen and oxygen atoms in total. The van der Waals surface area contributed by atoms with Gasteiger partial charge in [0.15, 0.2) is 0 Å². The average molecular weight is 272 g/mol. The van der Waals surface area contributed by atoms with Crippen LogP contribution in [0.15, 0.2) is 22.7 Å². The van der Waals surface area contributed by atoms with Crippen LogP contribution in [0.5, 0.6) is 5.75 Å². The molecule has 0 heterocycles. The molecule has 0 amide bonds. The van der Waals surface area contributed by atoms with Crippen molar-refractivity contribution in [1.82, 2.24) is 0 Å². The van der Waals surface area contributed by atoms with Gasteiger partial charge in [-0.3, -0.25) is 0 Å². The van der Waals surface area contributed by atoms with Crippen molar-refractivity contribution in [3.63, 3.8) is 0 Å². The molecule has 0 radical (unpaired) electrons. The van der Waals surface area contributed by atoms with Gasteiger partial charge in [0.05, 0.1) is 7.11 Å². The van der Waals surface area contributed by atoms with Crippen molar-refractivity contribution in [3.8, 4) is 5.75 Å². The molecule has 84 valence electrons. The highest BCUT2D eigenvalue weighted by Crippen LogP contribution is 2.30. The van der Waals surface area contributed by atoms with Crippen LogP contribution in [-0.2, 0) is 0 Å². The average Bonchev–Trinajstić information content (AvgIpc) is 2.16. The fraction of sp³-hybridized carbons (Fsp3) is 0.500. The van der Waals surface area contributed by atoms with E-state index in [0.717, 1.165) is 22.2 Å². The van der Waals surface area contributed by atoms with Gasteiger partial charge in [-0.2, -0.15) is 0 Å². The van der Waals surface area contributed by atoms with Crippen LogP contribution in [0.3, 0.4) is 0 Å². The number of benzene rings is 1. The van der Waals surface area contributed by atoms with Crippen molar-refractivity contribution < 1.29 is 4.74 Å². The summed E-state index contributed by atoms with van der Waals surface area (Å²) in [6.07, 6.45) is 0.970. The first-order valence-corrected chi connectivity index (χ1v) is 5.93. The summed E-state index contributed by atoms with van der Waals surface area (Å²) in [4.78, 5) is 0. The monoisotopic (exact) mass is 271 g/mol. The van der Waals surface area contributed by atoms with Gasteiger partial charge in [0.25, 0.3) is 0 Å². The van der Waals surface area contributed by atoms with E-state index in [9.17, 15) is 0 Å². The number of rotatable bonds is 4. The lowest BCUT2D eigenvalue weighted by Crippen LogP contribution is -2.13. The number of methoxy groups -OCH3 is 1. The lowest BCUT2D eigenvalue weighted by Gasteiger charge is -2.17. The molecular formula is C12H18BrNO. The molecule has 0 unspecified atom stereocenters. The van der Waals surface area contributed by atoms with Gasteiger partial charge >= 0.3 is 0 Å². The first-order chi connectivity index (χ1) is 7.04. The SMILES string of the molecule is COc1cc(Br)ccc1[C@@H](N)CC(C)C. The molecule has 1 atom stereocenters. The predicted molar refractivity (Wildman–Crippen MR) is 67.1 cm³/mol. The summed E-state index contributed by atoms with van der Waals surface area (Å²) >= 11 is 3.42. The third-order valence-electron chi connectivity index (χ3n) is 2.32. The van der Waals surface area contributed by atoms with Crippen molar-refractivity contribution in [2.45, 2.75) is 26.3 Å². The molecular weight excluding hydrogens is 254 g/mol. The van der Waals surface area contributed by atoms with E-state index >= 15 is 0 Å². The molecule has 0 aromatic heterocycles. The minimum Gasteiger partial charge on any atom is -0.496 e. The Morgan fingerprint density at radius 1 is 1.40 bits per heavy atom. The van der Waals surface area contributed by atoms with Crippen molar-refractivity contribution >= 4 is 15.9 Å². The Bertz CT molecular complexity index is 325. The zero-order valence-corrected chi connectivity index (χ0v) is 11.0. The Labute approximate surface area is 99.9 Å². The Kier molecular flexibility index (Phi) is 4.61. The van der Waals surface area contributed by atoms with Crippen LogP contribution < -0.4 is 10.5 Å². The highest BCUT2D eigenvalue weighted by atomic mass is 79.9. The molecule has 0 aliphatic heterocycles. The first kappa shape index (κ1) is 12.5. The second-order valence-electron chi connectivity index (χ2n) is 4.12. The summed E-state index contributed by atoms with van der Waals surface area (Å²) in [6, 6.07) is 6.02. The van der Waals surface area contributed by atoms with Gasteiger partial charge in [-0.05, 0) is 24.5 Å². The van der Waals surface area contributed by atoms with Crippen molar-refractivity contribution in [2.75, 3.05) is 7.11 Å². The second-order valence-corrected chi connectivity index (χ2v) is 5.04. The Balaban J connectivity index is 2.92. The maximum atomic E-state index is 6.13. The van der Waals surface area contributed by atoms with E-state index in [2.05, 4.69) is 29.8 Å². The third kappa shape index (κ3) is 3.50. The van der Waals surface area contributed by atoms with E-state index in [-0.39, 0.29) is 6.04 Å². The summed E-state index contributed by atoms with van der Waals surface area (Å²) in [5, 5.41) is 0. The van der Waals surface area contributed by atoms with Gasteiger partial charge in [-0.25, -0.2) is 0 Å². The minimum absolute atomic E-state index is 0.0491. The largest absolute Gasteiger partial charge is 0.496 e. The summed E-state index contributed by atoms with van der Waals surface area (Å²) in [7, 11) is 1.67. The molecule has 1 aromatic carbocycles. The van der Waals surface area contributed by atoms with E-state index in [1.807, 2.05) is 18.2 Å². The molecule has 2 N–H and O–H groups in total. The van der Waals surface area contributed by atoms with Gasteiger partial charge in [0.2, 0.25) is 0 Å². The van der Waals surface area contributed by atoms with Crippen LogP contribution in [0.2, 0.25) is 0 Å². The van der Waals surface area contributed by atoms with E-state index in [1.54, 1.807) is 7.11 Å². The van der Waals surface area contributed by atoms with Crippen molar-refractivity contribution in [2.24, 2.45) is 11.7 Å². The Hall–Kier alpha value is -0.540. The molecule has 0 saturated heterocycles. The lowest BCUT2D eigenvalue weighted by molar-refractivity contribution is 0.399. The molecule has 0 aliphatic rings. The van der Waals surface area contributed by atoms with Crippen molar-refractivity contribution in [1.29, 1.82) is 0 Å². The molecule has 3 heteroatoms. The minimum atomic E-state index is 0.0491. The summed E-state index contributed by atoms with van der Waals surface area (Å²) in [5.41, 5.74) is 7.21. The lowest BCUT2D eigenvalue weighted by atomic mass is 9.97. The highest BCUT2D eigenvalue weighted by molar-refractivity contribution is 9.10. The number of nitrogens with two attached hydrogens (primary N) is 1. The van der Waals surface area contributed by atoms with Crippen LogP contribution >= 0.6 is 15.9 Å². The summed E-state index contributed by atoms with van der Waals surface area (Å²) < 4.78 is 6.33. The van der Waals surface area contributed by atoms with Crippen LogP contribution in [0.25, 0.3) is 0 Å². The summed E-state index contributed by atoms with van der Waals surface area (Å²) in [5.74, 6) is 1.45. The van der Waals surface area contributed by atoms with Gasteiger partial charge in [-0.1, -0.05) is 35.8 Å². The number of halogens is 1. The number of ether oxygens (including phenoxy) is 1. The van der Waals surface area contributed by atoms with Gasteiger partial charge in [-0.15, -0.1) is 0 Å². The van der Waals surface area contributed by atoms with Gasteiger partial charge < -0.3 is 10.5 Å². The fourth-order valence-electron chi connectivity index (χ4n) is 1.63.